The lowest BCUT2D eigenvalue weighted by Gasteiger charge is -2.26. The fourth-order valence-corrected chi connectivity index (χ4v) is 4.52. The molecule has 1 heterocycles. The summed E-state index contributed by atoms with van der Waals surface area (Å²) >= 11 is 12.3. The van der Waals surface area contributed by atoms with Crippen molar-refractivity contribution in [3.63, 3.8) is 0 Å². The van der Waals surface area contributed by atoms with Gasteiger partial charge < -0.3 is 15.0 Å². The second-order valence-corrected chi connectivity index (χ2v) is 8.69. The minimum atomic E-state index is -0.721. The van der Waals surface area contributed by atoms with E-state index in [0.29, 0.717) is 40.9 Å². The maximum absolute atomic E-state index is 13.0. The zero-order valence-corrected chi connectivity index (χ0v) is 17.8. The highest BCUT2D eigenvalue weighted by Gasteiger charge is 2.26. The highest BCUT2D eigenvalue weighted by molar-refractivity contribution is 6.31. The Hall–Kier alpha value is -2.50. The lowest BCUT2D eigenvalue weighted by Crippen LogP contribution is -2.33. The van der Waals surface area contributed by atoms with E-state index in [-0.39, 0.29) is 11.8 Å². The first-order chi connectivity index (χ1) is 14.4. The molecule has 1 saturated carbocycles. The summed E-state index contributed by atoms with van der Waals surface area (Å²) in [6.45, 7) is 0.527. The lowest BCUT2D eigenvalue weighted by atomic mass is 9.82. The van der Waals surface area contributed by atoms with Gasteiger partial charge in [0.25, 0.3) is 5.91 Å². The fourth-order valence-electron chi connectivity index (χ4n) is 4.17. The highest BCUT2D eigenvalue weighted by Crippen LogP contribution is 2.29. The molecule has 2 N–H and O–H groups in total. The Balaban J connectivity index is 1.53. The van der Waals surface area contributed by atoms with Crippen LogP contribution in [0.5, 0.6) is 0 Å². The van der Waals surface area contributed by atoms with E-state index in [1.54, 1.807) is 12.1 Å². The monoisotopic (exact) mass is 444 g/mol. The van der Waals surface area contributed by atoms with E-state index in [4.69, 9.17) is 28.3 Å². The van der Waals surface area contributed by atoms with Gasteiger partial charge in [0.05, 0.1) is 22.7 Å². The second kappa shape index (κ2) is 8.70. The SMILES string of the molecule is O=C(NC[C@H]1CC[C@H](C(=O)O)CC1)c1cc(Cl)ccc1-n1ccc2cc(Cl)ccc21. The quantitative estimate of drug-likeness (QED) is 0.540. The summed E-state index contributed by atoms with van der Waals surface area (Å²) in [6, 6.07) is 12.9. The molecule has 2 aromatic carbocycles. The molecule has 156 valence electrons. The third-order valence-corrected chi connectivity index (χ3v) is 6.33. The first-order valence-corrected chi connectivity index (χ1v) is 10.8. The molecule has 0 atom stereocenters. The van der Waals surface area contributed by atoms with E-state index in [1.165, 1.54) is 0 Å². The number of amides is 1. The van der Waals surface area contributed by atoms with Gasteiger partial charge in [0.2, 0.25) is 0 Å². The topological polar surface area (TPSA) is 71.3 Å². The van der Waals surface area contributed by atoms with Crippen LogP contribution in [0, 0.1) is 11.8 Å². The van der Waals surface area contributed by atoms with Crippen LogP contribution in [0.15, 0.2) is 48.7 Å². The van der Waals surface area contributed by atoms with Crippen molar-refractivity contribution in [3.05, 3.63) is 64.3 Å². The van der Waals surface area contributed by atoms with E-state index in [0.717, 1.165) is 29.4 Å². The number of carbonyl (C=O) groups is 2. The number of halogens is 2. The van der Waals surface area contributed by atoms with Gasteiger partial charge in [-0.1, -0.05) is 23.2 Å². The van der Waals surface area contributed by atoms with Crippen molar-refractivity contribution < 1.29 is 14.7 Å². The van der Waals surface area contributed by atoms with E-state index in [1.807, 2.05) is 41.1 Å². The summed E-state index contributed by atoms with van der Waals surface area (Å²) < 4.78 is 1.95. The summed E-state index contributed by atoms with van der Waals surface area (Å²) in [7, 11) is 0. The number of carboxylic acids is 1. The number of nitrogens with one attached hydrogen (secondary N) is 1. The van der Waals surface area contributed by atoms with Crippen molar-refractivity contribution in [1.29, 1.82) is 0 Å². The van der Waals surface area contributed by atoms with Gasteiger partial charge in [0, 0.05) is 28.2 Å². The molecule has 0 unspecified atom stereocenters. The van der Waals surface area contributed by atoms with Gasteiger partial charge in [0.15, 0.2) is 0 Å². The third kappa shape index (κ3) is 4.32. The smallest absolute Gasteiger partial charge is 0.306 e. The molecular formula is C23H22Cl2N2O3. The minimum absolute atomic E-state index is 0.191. The molecule has 0 radical (unpaired) electrons. The first-order valence-electron chi connectivity index (χ1n) is 10.00. The van der Waals surface area contributed by atoms with Crippen LogP contribution < -0.4 is 5.32 Å². The Labute approximate surface area is 184 Å². The van der Waals surface area contributed by atoms with Gasteiger partial charge >= 0.3 is 5.97 Å². The largest absolute Gasteiger partial charge is 0.481 e. The average molecular weight is 445 g/mol. The summed E-state index contributed by atoms with van der Waals surface area (Å²) in [4.78, 5) is 24.1. The molecule has 5 nitrogen and oxygen atoms in total. The zero-order valence-electron chi connectivity index (χ0n) is 16.3. The van der Waals surface area contributed by atoms with Gasteiger partial charge in [-0.25, -0.2) is 0 Å². The van der Waals surface area contributed by atoms with Gasteiger partial charge in [-0.05, 0) is 74.1 Å². The molecule has 1 fully saturated rings. The summed E-state index contributed by atoms with van der Waals surface area (Å²) in [5, 5.41) is 14.3. The van der Waals surface area contributed by atoms with Gasteiger partial charge in [0.1, 0.15) is 0 Å². The van der Waals surface area contributed by atoms with Crippen molar-refractivity contribution in [2.45, 2.75) is 25.7 Å². The first kappa shape index (κ1) is 20.8. The van der Waals surface area contributed by atoms with E-state index in [2.05, 4.69) is 5.32 Å². The van der Waals surface area contributed by atoms with Gasteiger partial charge in [-0.15, -0.1) is 0 Å². The molecule has 30 heavy (non-hydrogen) atoms. The average Bonchev–Trinajstić information content (AvgIpc) is 3.15. The Bertz CT molecular complexity index is 1100. The lowest BCUT2D eigenvalue weighted by molar-refractivity contribution is -0.143. The Morgan fingerprint density at radius 3 is 2.43 bits per heavy atom. The number of aromatic nitrogens is 1. The van der Waals surface area contributed by atoms with Crippen molar-refractivity contribution in [2.75, 3.05) is 6.54 Å². The molecule has 1 aliphatic carbocycles. The van der Waals surface area contributed by atoms with Crippen LogP contribution in [0.3, 0.4) is 0 Å². The maximum atomic E-state index is 13.0. The molecule has 0 saturated heterocycles. The maximum Gasteiger partial charge on any atom is 0.306 e. The number of rotatable bonds is 5. The predicted molar refractivity (Wildman–Crippen MR) is 119 cm³/mol. The Morgan fingerprint density at radius 1 is 1.00 bits per heavy atom. The van der Waals surface area contributed by atoms with Crippen LogP contribution in [0.2, 0.25) is 10.0 Å². The number of benzene rings is 2. The standard InChI is InChI=1S/C23H22Cl2N2O3/c24-17-5-7-20-16(11-17)9-10-27(20)21-8-6-18(25)12-19(21)22(28)26-13-14-1-3-15(4-2-14)23(29)30/h5-12,14-15H,1-4,13H2,(H,26,28)(H,29,30)/t14-,15-. The third-order valence-electron chi connectivity index (χ3n) is 5.86. The van der Waals surface area contributed by atoms with E-state index >= 15 is 0 Å². The van der Waals surface area contributed by atoms with E-state index < -0.39 is 5.97 Å². The Kier molecular flexibility index (Phi) is 6.02. The van der Waals surface area contributed by atoms with Crippen molar-refractivity contribution in [3.8, 4) is 5.69 Å². The number of hydrogen-bond donors (Lipinski definition) is 2. The van der Waals surface area contributed by atoms with Crippen LogP contribution >= 0.6 is 23.2 Å². The number of aliphatic carboxylic acids is 1. The molecule has 1 amide bonds. The number of nitrogens with zero attached hydrogens (tertiary/aromatic N) is 1. The highest BCUT2D eigenvalue weighted by atomic mass is 35.5. The predicted octanol–water partition coefficient (Wildman–Crippen LogP) is 5.56. The molecule has 0 aliphatic heterocycles. The molecule has 0 spiro atoms. The van der Waals surface area contributed by atoms with Crippen molar-refractivity contribution >= 4 is 46.0 Å². The zero-order chi connectivity index (χ0) is 21.3. The fraction of sp³-hybridized carbons (Fsp3) is 0.304. The van der Waals surface area contributed by atoms with Crippen molar-refractivity contribution in [2.24, 2.45) is 11.8 Å². The summed E-state index contributed by atoms with van der Waals surface area (Å²) in [5.74, 6) is -0.876. The molecule has 3 aromatic rings. The molecular weight excluding hydrogens is 423 g/mol. The molecule has 4 rings (SSSR count). The van der Waals surface area contributed by atoms with Gasteiger partial charge in [-0.2, -0.15) is 0 Å². The van der Waals surface area contributed by atoms with Crippen LogP contribution in [0.4, 0.5) is 0 Å². The number of carboxylic acid groups (broad SMARTS) is 1. The number of fused-ring (bicyclic) bond motifs is 1. The normalized spacial score (nSPS) is 19.0. The Morgan fingerprint density at radius 2 is 1.70 bits per heavy atom. The van der Waals surface area contributed by atoms with Crippen LogP contribution in [0.25, 0.3) is 16.6 Å². The van der Waals surface area contributed by atoms with Crippen LogP contribution in [-0.4, -0.2) is 28.1 Å². The van der Waals surface area contributed by atoms with Crippen molar-refractivity contribution in [1.82, 2.24) is 9.88 Å². The summed E-state index contributed by atoms with van der Waals surface area (Å²) in [5.41, 5.74) is 2.18. The molecule has 0 bridgehead atoms. The summed E-state index contributed by atoms with van der Waals surface area (Å²) in [6.07, 6.45) is 4.85. The molecule has 7 heteroatoms. The molecule has 1 aromatic heterocycles. The second-order valence-electron chi connectivity index (χ2n) is 7.82. The molecule has 1 aliphatic rings. The van der Waals surface area contributed by atoms with Gasteiger partial charge in [-0.3, -0.25) is 9.59 Å². The van der Waals surface area contributed by atoms with E-state index in [9.17, 15) is 9.59 Å². The number of carbonyl (C=O) groups excluding carboxylic acids is 1. The van der Waals surface area contributed by atoms with Crippen LogP contribution in [-0.2, 0) is 4.79 Å². The minimum Gasteiger partial charge on any atom is -0.481 e. The number of hydrogen-bond acceptors (Lipinski definition) is 2. The van der Waals surface area contributed by atoms with Crippen LogP contribution in [0.1, 0.15) is 36.0 Å².